The summed E-state index contributed by atoms with van der Waals surface area (Å²) in [5, 5.41) is 2.92. The molecule has 1 aromatic rings. The smallest absolute Gasteiger partial charge is 0.407 e. The molecule has 0 aromatic heterocycles. The minimum atomic E-state index is -0.394. The van der Waals surface area contributed by atoms with Gasteiger partial charge in [-0.25, -0.2) is 4.79 Å². The monoisotopic (exact) mass is 363 g/mol. The Morgan fingerprint density at radius 1 is 1.12 bits per heavy atom. The molecular formula is C21H33NO4. The highest BCUT2D eigenvalue weighted by molar-refractivity contribution is 5.67. The lowest BCUT2D eigenvalue weighted by atomic mass is 9.96. The van der Waals surface area contributed by atoms with Crippen LogP contribution in [0.4, 0.5) is 4.79 Å². The summed E-state index contributed by atoms with van der Waals surface area (Å²) in [4.78, 5) is 11.7. The van der Waals surface area contributed by atoms with Gasteiger partial charge in [-0.05, 0) is 49.8 Å². The first kappa shape index (κ1) is 20.6. The molecule has 1 fully saturated rings. The second kappa shape index (κ2) is 11.1. The molecule has 1 aliphatic rings. The van der Waals surface area contributed by atoms with Crippen molar-refractivity contribution in [1.29, 1.82) is 0 Å². The summed E-state index contributed by atoms with van der Waals surface area (Å²) in [6, 6.07) is 8.38. The standard InChI is InChI=1S/C21H33NO4/c1-4-16(2)18-10-12-20(13-11-18)26-17(3)24-14-15-25-21(23)22-19-8-6-5-7-9-19/h10-13,16-17,19H,4-9,14-15H2,1-3H3,(H,22,23). The fourth-order valence-corrected chi connectivity index (χ4v) is 3.14. The van der Waals surface area contributed by atoms with E-state index in [0.29, 0.717) is 12.5 Å². The molecule has 1 N–H and O–H groups in total. The van der Waals surface area contributed by atoms with Gasteiger partial charge in [-0.15, -0.1) is 0 Å². The summed E-state index contributed by atoms with van der Waals surface area (Å²) in [6.45, 7) is 6.77. The zero-order chi connectivity index (χ0) is 18.8. The van der Waals surface area contributed by atoms with Crippen molar-refractivity contribution in [2.75, 3.05) is 13.2 Å². The van der Waals surface area contributed by atoms with Crippen LogP contribution in [-0.2, 0) is 9.47 Å². The van der Waals surface area contributed by atoms with Crippen LogP contribution < -0.4 is 10.1 Å². The highest BCUT2D eigenvalue weighted by Gasteiger charge is 2.16. The van der Waals surface area contributed by atoms with E-state index in [-0.39, 0.29) is 18.7 Å². The normalized spacial score (nSPS) is 17.3. The summed E-state index contributed by atoms with van der Waals surface area (Å²) in [7, 11) is 0. The Kier molecular flexibility index (Phi) is 8.75. The third kappa shape index (κ3) is 7.24. The van der Waals surface area contributed by atoms with Gasteiger partial charge in [0.2, 0.25) is 0 Å². The zero-order valence-electron chi connectivity index (χ0n) is 16.3. The van der Waals surface area contributed by atoms with Gasteiger partial charge < -0.3 is 19.5 Å². The van der Waals surface area contributed by atoms with Gasteiger partial charge in [0.05, 0.1) is 6.61 Å². The molecule has 0 radical (unpaired) electrons. The Morgan fingerprint density at radius 2 is 1.81 bits per heavy atom. The molecule has 2 unspecified atom stereocenters. The first-order valence-electron chi connectivity index (χ1n) is 9.90. The van der Waals surface area contributed by atoms with Crippen LogP contribution in [0, 0.1) is 0 Å². The summed E-state index contributed by atoms with van der Waals surface area (Å²) in [5.41, 5.74) is 1.31. The maximum Gasteiger partial charge on any atom is 0.407 e. The van der Waals surface area contributed by atoms with Gasteiger partial charge in [0.15, 0.2) is 6.29 Å². The number of benzene rings is 1. The molecule has 146 valence electrons. The quantitative estimate of drug-likeness (QED) is 0.495. The van der Waals surface area contributed by atoms with Crippen LogP contribution in [-0.4, -0.2) is 31.6 Å². The van der Waals surface area contributed by atoms with Gasteiger partial charge in [0.25, 0.3) is 0 Å². The molecule has 5 heteroatoms. The molecule has 0 spiro atoms. The minimum Gasteiger partial charge on any atom is -0.465 e. The molecule has 0 bridgehead atoms. The van der Waals surface area contributed by atoms with Crippen LogP contribution in [0.1, 0.15) is 70.8 Å². The lowest BCUT2D eigenvalue weighted by molar-refractivity contribution is -0.0771. The molecule has 0 saturated heterocycles. The number of alkyl carbamates (subject to hydrolysis) is 1. The number of carbonyl (C=O) groups excluding carboxylic acids is 1. The van der Waals surface area contributed by atoms with Gasteiger partial charge in [-0.2, -0.15) is 0 Å². The average Bonchev–Trinajstić information content (AvgIpc) is 2.66. The van der Waals surface area contributed by atoms with E-state index >= 15 is 0 Å². The van der Waals surface area contributed by atoms with Crippen LogP contribution in [0.2, 0.25) is 0 Å². The molecule has 2 rings (SSSR count). The van der Waals surface area contributed by atoms with Crippen LogP contribution >= 0.6 is 0 Å². The molecule has 0 aliphatic heterocycles. The first-order chi connectivity index (χ1) is 12.6. The van der Waals surface area contributed by atoms with Crippen LogP contribution in [0.3, 0.4) is 0 Å². The molecule has 1 amide bonds. The van der Waals surface area contributed by atoms with E-state index in [1.807, 2.05) is 19.1 Å². The molecule has 0 heterocycles. The number of nitrogens with one attached hydrogen (secondary N) is 1. The van der Waals surface area contributed by atoms with E-state index in [4.69, 9.17) is 14.2 Å². The van der Waals surface area contributed by atoms with Crippen molar-refractivity contribution in [3.8, 4) is 5.75 Å². The van der Waals surface area contributed by atoms with Gasteiger partial charge in [0.1, 0.15) is 12.4 Å². The van der Waals surface area contributed by atoms with Gasteiger partial charge >= 0.3 is 6.09 Å². The van der Waals surface area contributed by atoms with Crippen LogP contribution in [0.15, 0.2) is 24.3 Å². The Labute approximate surface area is 157 Å². The fourth-order valence-electron chi connectivity index (χ4n) is 3.14. The average molecular weight is 363 g/mol. The van der Waals surface area contributed by atoms with E-state index < -0.39 is 6.29 Å². The molecule has 26 heavy (non-hydrogen) atoms. The van der Waals surface area contributed by atoms with Crippen molar-refractivity contribution >= 4 is 6.09 Å². The lowest BCUT2D eigenvalue weighted by Gasteiger charge is -2.22. The second-order valence-corrected chi connectivity index (χ2v) is 7.05. The van der Waals surface area contributed by atoms with Crippen LogP contribution in [0.5, 0.6) is 5.75 Å². The van der Waals surface area contributed by atoms with Gasteiger partial charge in [0, 0.05) is 6.04 Å². The molecule has 1 aromatic carbocycles. The van der Waals surface area contributed by atoms with Gasteiger partial charge in [-0.1, -0.05) is 45.2 Å². The third-order valence-corrected chi connectivity index (χ3v) is 4.96. The first-order valence-corrected chi connectivity index (χ1v) is 9.90. The SMILES string of the molecule is CCC(C)c1ccc(OC(C)OCCOC(=O)NC2CCCCC2)cc1. The molecule has 1 saturated carbocycles. The van der Waals surface area contributed by atoms with Crippen molar-refractivity contribution in [2.45, 2.75) is 77.5 Å². The zero-order valence-corrected chi connectivity index (χ0v) is 16.3. The predicted molar refractivity (Wildman–Crippen MR) is 103 cm³/mol. The summed E-state index contributed by atoms with van der Waals surface area (Å²) in [6.07, 6.45) is 6.10. The third-order valence-electron chi connectivity index (χ3n) is 4.96. The largest absolute Gasteiger partial charge is 0.465 e. The highest BCUT2D eigenvalue weighted by atomic mass is 16.7. The molecule has 5 nitrogen and oxygen atoms in total. The van der Waals surface area contributed by atoms with E-state index in [1.165, 1.54) is 24.8 Å². The maximum absolute atomic E-state index is 11.7. The fraction of sp³-hybridized carbons (Fsp3) is 0.667. The molecule has 2 atom stereocenters. The Bertz CT molecular complexity index is 525. The van der Waals surface area contributed by atoms with Crippen molar-refractivity contribution in [1.82, 2.24) is 5.32 Å². The summed E-state index contributed by atoms with van der Waals surface area (Å²) < 4.78 is 16.5. The highest BCUT2D eigenvalue weighted by Crippen LogP contribution is 2.22. The number of amides is 1. The number of hydrogen-bond donors (Lipinski definition) is 1. The summed E-state index contributed by atoms with van der Waals surface area (Å²) >= 11 is 0. The van der Waals surface area contributed by atoms with Gasteiger partial charge in [-0.3, -0.25) is 0 Å². The van der Waals surface area contributed by atoms with E-state index in [2.05, 4.69) is 31.3 Å². The van der Waals surface area contributed by atoms with Crippen LogP contribution in [0.25, 0.3) is 0 Å². The van der Waals surface area contributed by atoms with E-state index in [9.17, 15) is 4.79 Å². The maximum atomic E-state index is 11.7. The molecule has 1 aliphatic carbocycles. The minimum absolute atomic E-state index is 0.221. The van der Waals surface area contributed by atoms with Crippen molar-refractivity contribution in [3.05, 3.63) is 29.8 Å². The lowest BCUT2D eigenvalue weighted by Crippen LogP contribution is -2.37. The Morgan fingerprint density at radius 3 is 2.46 bits per heavy atom. The number of hydrogen-bond acceptors (Lipinski definition) is 4. The molecular weight excluding hydrogens is 330 g/mol. The number of carbonyl (C=O) groups is 1. The van der Waals surface area contributed by atoms with E-state index in [0.717, 1.165) is 25.0 Å². The number of rotatable bonds is 9. The Balaban J connectivity index is 1.59. The van der Waals surface area contributed by atoms with Crippen molar-refractivity contribution in [2.24, 2.45) is 0 Å². The van der Waals surface area contributed by atoms with Crippen molar-refractivity contribution in [3.63, 3.8) is 0 Å². The van der Waals surface area contributed by atoms with Crippen molar-refractivity contribution < 1.29 is 19.0 Å². The second-order valence-electron chi connectivity index (χ2n) is 7.05. The number of ether oxygens (including phenoxy) is 3. The van der Waals surface area contributed by atoms with E-state index in [1.54, 1.807) is 0 Å². The summed E-state index contributed by atoms with van der Waals surface area (Å²) in [5.74, 6) is 1.33. The topological polar surface area (TPSA) is 56.8 Å². The Hall–Kier alpha value is -1.75. The predicted octanol–water partition coefficient (Wildman–Crippen LogP) is 5.00.